The van der Waals surface area contributed by atoms with Crippen molar-refractivity contribution in [3.63, 3.8) is 0 Å². The van der Waals surface area contributed by atoms with E-state index in [1.165, 1.54) is 12.1 Å². The van der Waals surface area contributed by atoms with Gasteiger partial charge in [0, 0.05) is 13.6 Å². The fraction of sp³-hybridized carbons (Fsp3) is 0.278. The fourth-order valence-corrected chi connectivity index (χ4v) is 2.50. The SMILES string of the molecule is CN(Cc1ccc2c(c1)OCO2)C(=O)Cc1ccc(OC(F)F)cc1. The number of carbonyl (C=O) groups is 1. The molecule has 2 aromatic rings. The maximum Gasteiger partial charge on any atom is 0.387 e. The van der Waals surface area contributed by atoms with Gasteiger partial charge in [0.05, 0.1) is 6.42 Å². The molecule has 1 aliphatic heterocycles. The van der Waals surface area contributed by atoms with Gasteiger partial charge in [-0.25, -0.2) is 0 Å². The van der Waals surface area contributed by atoms with Crippen LogP contribution >= 0.6 is 0 Å². The highest BCUT2D eigenvalue weighted by atomic mass is 19.3. The van der Waals surface area contributed by atoms with Crippen molar-refractivity contribution < 1.29 is 27.8 Å². The largest absolute Gasteiger partial charge is 0.454 e. The van der Waals surface area contributed by atoms with E-state index in [0.29, 0.717) is 18.0 Å². The van der Waals surface area contributed by atoms with E-state index in [2.05, 4.69) is 4.74 Å². The van der Waals surface area contributed by atoms with Crippen molar-refractivity contribution in [2.45, 2.75) is 19.6 Å². The Morgan fingerprint density at radius 1 is 1.12 bits per heavy atom. The zero-order valence-electron chi connectivity index (χ0n) is 13.6. The van der Waals surface area contributed by atoms with Crippen LogP contribution in [-0.2, 0) is 17.8 Å². The van der Waals surface area contributed by atoms with Crippen molar-refractivity contribution >= 4 is 5.91 Å². The van der Waals surface area contributed by atoms with Gasteiger partial charge in [0.2, 0.25) is 12.7 Å². The quantitative estimate of drug-likeness (QED) is 0.803. The summed E-state index contributed by atoms with van der Waals surface area (Å²) in [6, 6.07) is 11.6. The highest BCUT2D eigenvalue weighted by Crippen LogP contribution is 2.32. The first-order valence-electron chi connectivity index (χ1n) is 7.67. The summed E-state index contributed by atoms with van der Waals surface area (Å²) < 4.78 is 39.1. The Balaban J connectivity index is 1.57. The molecule has 0 bridgehead atoms. The van der Waals surface area contributed by atoms with Crippen molar-refractivity contribution in [2.24, 2.45) is 0 Å². The van der Waals surface area contributed by atoms with E-state index in [0.717, 1.165) is 11.1 Å². The number of rotatable bonds is 6. The molecule has 0 unspecified atom stereocenters. The van der Waals surface area contributed by atoms with Crippen molar-refractivity contribution in [1.82, 2.24) is 4.90 Å². The van der Waals surface area contributed by atoms with E-state index < -0.39 is 6.61 Å². The Morgan fingerprint density at radius 2 is 1.80 bits per heavy atom. The number of halogens is 2. The standard InChI is InChI=1S/C18H17F2NO4/c1-21(10-13-4-7-15-16(8-13)24-11-23-15)17(22)9-12-2-5-14(6-3-12)25-18(19)20/h2-8,18H,9-11H2,1H3. The van der Waals surface area contributed by atoms with E-state index in [4.69, 9.17) is 9.47 Å². The molecule has 1 amide bonds. The Hall–Kier alpha value is -2.83. The predicted molar refractivity (Wildman–Crippen MR) is 85.8 cm³/mol. The van der Waals surface area contributed by atoms with Crippen molar-refractivity contribution in [2.75, 3.05) is 13.8 Å². The molecule has 3 rings (SSSR count). The average Bonchev–Trinajstić information content (AvgIpc) is 3.03. The summed E-state index contributed by atoms with van der Waals surface area (Å²) in [6.07, 6.45) is 0.177. The number of ether oxygens (including phenoxy) is 3. The van der Waals surface area contributed by atoms with E-state index in [1.54, 1.807) is 24.1 Å². The summed E-state index contributed by atoms with van der Waals surface area (Å²) >= 11 is 0. The minimum Gasteiger partial charge on any atom is -0.454 e. The highest BCUT2D eigenvalue weighted by molar-refractivity contribution is 5.78. The lowest BCUT2D eigenvalue weighted by atomic mass is 10.1. The second kappa shape index (κ2) is 7.38. The second-order valence-electron chi connectivity index (χ2n) is 5.64. The van der Waals surface area contributed by atoms with Crippen LogP contribution in [0.3, 0.4) is 0 Å². The molecule has 0 fully saturated rings. The molecule has 2 aromatic carbocycles. The first-order chi connectivity index (χ1) is 12.0. The van der Waals surface area contributed by atoms with Crippen LogP contribution in [0.15, 0.2) is 42.5 Å². The maximum absolute atomic E-state index is 12.3. The number of nitrogens with zero attached hydrogens (tertiary/aromatic N) is 1. The predicted octanol–water partition coefficient (Wildman–Crippen LogP) is 3.22. The van der Waals surface area contributed by atoms with Gasteiger partial charge in [-0.1, -0.05) is 18.2 Å². The molecule has 5 nitrogen and oxygen atoms in total. The molecular formula is C18H17F2NO4. The molecule has 7 heteroatoms. The van der Waals surface area contributed by atoms with Gasteiger partial charge in [-0.05, 0) is 35.4 Å². The van der Waals surface area contributed by atoms with E-state index >= 15 is 0 Å². The second-order valence-corrected chi connectivity index (χ2v) is 5.64. The molecule has 1 heterocycles. The first kappa shape index (κ1) is 17.0. The number of alkyl halides is 2. The normalized spacial score (nSPS) is 12.3. The number of fused-ring (bicyclic) bond motifs is 1. The smallest absolute Gasteiger partial charge is 0.387 e. The van der Waals surface area contributed by atoms with E-state index in [-0.39, 0.29) is 24.9 Å². The third-order valence-corrected chi connectivity index (χ3v) is 3.79. The topological polar surface area (TPSA) is 48.0 Å². The molecule has 0 saturated heterocycles. The molecule has 0 spiro atoms. The molecule has 0 radical (unpaired) electrons. The lowest BCUT2D eigenvalue weighted by Gasteiger charge is -2.17. The molecule has 25 heavy (non-hydrogen) atoms. The Kier molecular flexibility index (Phi) is 5.02. The lowest BCUT2D eigenvalue weighted by Crippen LogP contribution is -2.27. The van der Waals surface area contributed by atoms with Crippen LogP contribution in [0.2, 0.25) is 0 Å². The lowest BCUT2D eigenvalue weighted by molar-refractivity contribution is -0.129. The summed E-state index contributed by atoms with van der Waals surface area (Å²) in [4.78, 5) is 13.9. The number of hydrogen-bond acceptors (Lipinski definition) is 4. The summed E-state index contributed by atoms with van der Waals surface area (Å²) in [6.45, 7) is -2.22. The number of benzene rings is 2. The minimum absolute atomic E-state index is 0.0694. The molecule has 0 aromatic heterocycles. The zero-order chi connectivity index (χ0) is 17.8. The third-order valence-electron chi connectivity index (χ3n) is 3.79. The summed E-state index contributed by atoms with van der Waals surface area (Å²) in [7, 11) is 1.71. The van der Waals surface area contributed by atoms with Crippen molar-refractivity contribution in [3.05, 3.63) is 53.6 Å². The molecule has 0 aliphatic carbocycles. The molecule has 0 N–H and O–H groups in total. The van der Waals surface area contributed by atoms with Gasteiger partial charge >= 0.3 is 6.61 Å². The van der Waals surface area contributed by atoms with Crippen LogP contribution in [0.4, 0.5) is 8.78 Å². The van der Waals surface area contributed by atoms with Gasteiger partial charge in [0.15, 0.2) is 11.5 Å². The van der Waals surface area contributed by atoms with Crippen molar-refractivity contribution in [1.29, 1.82) is 0 Å². The Labute approximate surface area is 143 Å². The van der Waals surface area contributed by atoms with Gasteiger partial charge in [0.25, 0.3) is 0 Å². The van der Waals surface area contributed by atoms with Gasteiger partial charge in [-0.2, -0.15) is 8.78 Å². The molecule has 132 valence electrons. The Morgan fingerprint density at radius 3 is 2.52 bits per heavy atom. The van der Waals surface area contributed by atoms with Gasteiger partial charge < -0.3 is 19.1 Å². The average molecular weight is 349 g/mol. The maximum atomic E-state index is 12.3. The summed E-state index contributed by atoms with van der Waals surface area (Å²) in [5.74, 6) is 1.36. The number of amides is 1. The Bertz CT molecular complexity index is 749. The van der Waals surface area contributed by atoms with Gasteiger partial charge in [0.1, 0.15) is 5.75 Å². The highest BCUT2D eigenvalue weighted by Gasteiger charge is 2.16. The van der Waals surface area contributed by atoms with Crippen LogP contribution in [0.1, 0.15) is 11.1 Å². The third kappa shape index (κ3) is 4.37. The van der Waals surface area contributed by atoms with Gasteiger partial charge in [-0.3, -0.25) is 4.79 Å². The van der Waals surface area contributed by atoms with Crippen LogP contribution in [0, 0.1) is 0 Å². The van der Waals surface area contributed by atoms with Gasteiger partial charge in [-0.15, -0.1) is 0 Å². The molecule has 0 atom stereocenters. The number of hydrogen-bond donors (Lipinski definition) is 0. The van der Waals surface area contributed by atoms with Crippen LogP contribution in [-0.4, -0.2) is 31.3 Å². The molecule has 0 saturated carbocycles. The number of likely N-dealkylation sites (N-methyl/N-ethyl adjacent to an activating group) is 1. The molecular weight excluding hydrogens is 332 g/mol. The summed E-state index contributed by atoms with van der Waals surface area (Å²) in [5, 5.41) is 0. The number of carbonyl (C=O) groups excluding carboxylic acids is 1. The minimum atomic E-state index is -2.86. The fourth-order valence-electron chi connectivity index (χ4n) is 2.50. The van der Waals surface area contributed by atoms with Crippen molar-refractivity contribution in [3.8, 4) is 17.2 Å². The summed E-state index contributed by atoms with van der Waals surface area (Å²) in [5.41, 5.74) is 1.66. The first-order valence-corrected chi connectivity index (χ1v) is 7.67. The molecule has 1 aliphatic rings. The van der Waals surface area contributed by atoms with E-state index in [1.807, 2.05) is 18.2 Å². The zero-order valence-corrected chi connectivity index (χ0v) is 13.6. The van der Waals surface area contributed by atoms with Crippen LogP contribution in [0.25, 0.3) is 0 Å². The monoisotopic (exact) mass is 349 g/mol. The van der Waals surface area contributed by atoms with Crippen LogP contribution < -0.4 is 14.2 Å². The van der Waals surface area contributed by atoms with E-state index in [9.17, 15) is 13.6 Å². The van der Waals surface area contributed by atoms with Crippen LogP contribution in [0.5, 0.6) is 17.2 Å².